The number of halogens is 1. The van der Waals surface area contributed by atoms with E-state index in [9.17, 15) is 14.0 Å². The first kappa shape index (κ1) is 20.5. The highest BCUT2D eigenvalue weighted by atomic mass is 19.1. The van der Waals surface area contributed by atoms with Gasteiger partial charge in [-0.3, -0.25) is 9.59 Å². The van der Waals surface area contributed by atoms with Crippen LogP contribution in [0.25, 0.3) is 22.9 Å². The molecule has 0 aliphatic heterocycles. The molecule has 2 heterocycles. The number of carbonyl (C=O) groups is 2. The van der Waals surface area contributed by atoms with Crippen LogP contribution in [-0.2, 0) is 17.6 Å². The van der Waals surface area contributed by atoms with Gasteiger partial charge in [0.05, 0.1) is 12.1 Å². The van der Waals surface area contributed by atoms with Crippen LogP contribution in [-0.4, -0.2) is 33.0 Å². The van der Waals surface area contributed by atoms with Crippen molar-refractivity contribution in [2.24, 2.45) is 0 Å². The van der Waals surface area contributed by atoms with Gasteiger partial charge < -0.3 is 14.2 Å². The number of fused-ring (bicyclic) bond motifs is 1. The van der Waals surface area contributed by atoms with Crippen LogP contribution in [0.5, 0.6) is 0 Å². The quantitative estimate of drug-likeness (QED) is 0.470. The maximum atomic E-state index is 13.3. The molecular weight excluding hydrogens is 439 g/mol. The number of hydrogen-bond donors (Lipinski definition) is 1. The standard InChI is InChI=1S/C25H19FN4O4/c1-12-2-3-15(24-29-30-25(34-24)18-10-19(18)26)9-20(12)28-22(32)21-11-27-23(33-21)14-5-4-13-7-17(31)8-16(13)6-14/h2-6,9,11,18-19H,7-8,10H2,1H3,(H,28,32)/t18-,19-/m0/s1. The predicted molar refractivity (Wildman–Crippen MR) is 119 cm³/mol. The van der Waals surface area contributed by atoms with Crippen molar-refractivity contribution in [3.8, 4) is 22.9 Å². The lowest BCUT2D eigenvalue weighted by molar-refractivity contribution is -0.117. The van der Waals surface area contributed by atoms with Crippen LogP contribution in [0, 0.1) is 6.92 Å². The second-order valence-electron chi connectivity index (χ2n) is 8.69. The molecular formula is C25H19FN4O4. The summed E-state index contributed by atoms with van der Waals surface area (Å²) in [7, 11) is 0. The van der Waals surface area contributed by atoms with Crippen molar-refractivity contribution < 1.29 is 22.8 Å². The molecule has 34 heavy (non-hydrogen) atoms. The second-order valence-corrected chi connectivity index (χ2v) is 8.69. The SMILES string of the molecule is Cc1ccc(-c2nnc([C@H]3C[C@@H]3F)o2)cc1NC(=O)c1cnc(-c2ccc3c(c2)CC(=O)C3)o1. The summed E-state index contributed by atoms with van der Waals surface area (Å²) < 4.78 is 24.6. The summed E-state index contributed by atoms with van der Waals surface area (Å²) in [6, 6.07) is 11.0. The van der Waals surface area contributed by atoms with E-state index in [0.717, 1.165) is 16.7 Å². The molecule has 2 aliphatic carbocycles. The zero-order valence-corrected chi connectivity index (χ0v) is 18.2. The van der Waals surface area contributed by atoms with Gasteiger partial charge in [0.2, 0.25) is 23.4 Å². The van der Waals surface area contributed by atoms with E-state index in [-0.39, 0.29) is 23.4 Å². The molecule has 0 saturated heterocycles. The average molecular weight is 458 g/mol. The summed E-state index contributed by atoms with van der Waals surface area (Å²) in [4.78, 5) is 28.8. The van der Waals surface area contributed by atoms with Gasteiger partial charge in [0, 0.05) is 29.7 Å². The van der Waals surface area contributed by atoms with Crippen LogP contribution in [0.3, 0.4) is 0 Å². The number of benzene rings is 2. The fraction of sp³-hybridized carbons (Fsp3) is 0.240. The third-order valence-corrected chi connectivity index (χ3v) is 6.16. The molecule has 9 heteroatoms. The lowest BCUT2D eigenvalue weighted by Gasteiger charge is -2.08. The van der Waals surface area contributed by atoms with Crippen LogP contribution in [0.15, 0.2) is 51.4 Å². The molecule has 170 valence electrons. The number of oxazole rings is 1. The number of nitrogens with one attached hydrogen (secondary N) is 1. The Kier molecular flexibility index (Phi) is 4.65. The summed E-state index contributed by atoms with van der Waals surface area (Å²) in [6.07, 6.45) is 1.71. The number of anilines is 1. The number of nitrogens with zero attached hydrogens (tertiary/aromatic N) is 3. The van der Waals surface area contributed by atoms with Crippen molar-refractivity contribution in [1.82, 2.24) is 15.2 Å². The fourth-order valence-corrected chi connectivity index (χ4v) is 4.09. The van der Waals surface area contributed by atoms with Crippen LogP contribution in [0.4, 0.5) is 10.1 Å². The Bertz CT molecular complexity index is 1460. The Hall–Kier alpha value is -4.14. The Morgan fingerprint density at radius 2 is 1.79 bits per heavy atom. The van der Waals surface area contributed by atoms with Gasteiger partial charge in [-0.15, -0.1) is 10.2 Å². The average Bonchev–Trinajstić information content (AvgIpc) is 3.26. The number of carbonyl (C=O) groups excluding carboxylic acids is 2. The number of aromatic nitrogens is 3. The van der Waals surface area contributed by atoms with Gasteiger partial charge in [-0.05, 0) is 54.3 Å². The maximum absolute atomic E-state index is 13.3. The Morgan fingerprint density at radius 3 is 2.62 bits per heavy atom. The molecule has 8 nitrogen and oxygen atoms in total. The van der Waals surface area contributed by atoms with E-state index >= 15 is 0 Å². The third-order valence-electron chi connectivity index (χ3n) is 6.16. The lowest BCUT2D eigenvalue weighted by atomic mass is 10.1. The molecule has 2 atom stereocenters. The van der Waals surface area contributed by atoms with Crippen molar-refractivity contribution >= 4 is 17.4 Å². The van der Waals surface area contributed by atoms with E-state index < -0.39 is 12.1 Å². The Morgan fingerprint density at radius 1 is 1.03 bits per heavy atom. The highest BCUT2D eigenvalue weighted by molar-refractivity contribution is 6.03. The van der Waals surface area contributed by atoms with E-state index in [1.807, 2.05) is 31.2 Å². The van der Waals surface area contributed by atoms with Gasteiger partial charge in [0.15, 0.2) is 0 Å². The summed E-state index contributed by atoms with van der Waals surface area (Å²) in [5.74, 6) is 0.326. The normalized spacial score (nSPS) is 18.7. The summed E-state index contributed by atoms with van der Waals surface area (Å²) in [5.41, 5.74) is 4.68. The fourth-order valence-electron chi connectivity index (χ4n) is 4.09. The zero-order chi connectivity index (χ0) is 23.4. The molecule has 0 spiro atoms. The number of alkyl halides is 1. The van der Waals surface area contributed by atoms with Crippen molar-refractivity contribution in [3.05, 3.63) is 70.9 Å². The van der Waals surface area contributed by atoms with Crippen LogP contribution < -0.4 is 5.32 Å². The van der Waals surface area contributed by atoms with Crippen molar-refractivity contribution in [1.29, 1.82) is 0 Å². The van der Waals surface area contributed by atoms with E-state index in [1.54, 1.807) is 12.1 Å². The summed E-state index contributed by atoms with van der Waals surface area (Å²) in [5, 5.41) is 10.8. The molecule has 2 aromatic carbocycles. The summed E-state index contributed by atoms with van der Waals surface area (Å²) >= 11 is 0. The van der Waals surface area contributed by atoms with Crippen molar-refractivity contribution in [3.63, 3.8) is 0 Å². The molecule has 4 aromatic rings. The van der Waals surface area contributed by atoms with Gasteiger partial charge >= 0.3 is 0 Å². The smallest absolute Gasteiger partial charge is 0.293 e. The van der Waals surface area contributed by atoms with Gasteiger partial charge in [-0.2, -0.15) is 0 Å². The zero-order valence-electron chi connectivity index (χ0n) is 18.2. The monoisotopic (exact) mass is 458 g/mol. The van der Waals surface area contributed by atoms with Gasteiger partial charge in [0.1, 0.15) is 12.0 Å². The maximum Gasteiger partial charge on any atom is 0.293 e. The van der Waals surface area contributed by atoms with E-state index in [4.69, 9.17) is 8.83 Å². The number of amides is 1. The van der Waals surface area contributed by atoms with E-state index in [1.165, 1.54) is 6.20 Å². The lowest BCUT2D eigenvalue weighted by Crippen LogP contribution is -2.12. The molecule has 1 saturated carbocycles. The van der Waals surface area contributed by atoms with E-state index in [2.05, 4.69) is 20.5 Å². The first-order valence-corrected chi connectivity index (χ1v) is 10.9. The highest BCUT2D eigenvalue weighted by Crippen LogP contribution is 2.43. The minimum absolute atomic E-state index is 0.0548. The first-order chi connectivity index (χ1) is 16.4. The van der Waals surface area contributed by atoms with Crippen LogP contribution in [0.2, 0.25) is 0 Å². The molecule has 2 aliphatic rings. The molecule has 1 N–H and O–H groups in total. The first-order valence-electron chi connectivity index (χ1n) is 10.9. The van der Waals surface area contributed by atoms with Crippen LogP contribution in [0.1, 0.15) is 45.5 Å². The van der Waals surface area contributed by atoms with Crippen LogP contribution >= 0.6 is 0 Å². The molecule has 1 amide bonds. The molecule has 1 fully saturated rings. The largest absolute Gasteiger partial charge is 0.431 e. The van der Waals surface area contributed by atoms with Gasteiger partial charge in [0.25, 0.3) is 5.91 Å². The number of hydrogen-bond acceptors (Lipinski definition) is 7. The van der Waals surface area contributed by atoms with E-state index in [0.29, 0.717) is 47.9 Å². The molecule has 0 radical (unpaired) electrons. The number of ketones is 1. The summed E-state index contributed by atoms with van der Waals surface area (Å²) in [6.45, 7) is 1.86. The number of rotatable bonds is 5. The topological polar surface area (TPSA) is 111 Å². The molecule has 6 rings (SSSR count). The molecule has 0 unspecified atom stereocenters. The van der Waals surface area contributed by atoms with Crippen molar-refractivity contribution in [2.45, 2.75) is 38.3 Å². The second kappa shape index (κ2) is 7.72. The van der Waals surface area contributed by atoms with Crippen molar-refractivity contribution in [2.75, 3.05) is 5.32 Å². The molecule has 0 bridgehead atoms. The minimum atomic E-state index is -0.924. The van der Waals surface area contributed by atoms with Gasteiger partial charge in [-0.1, -0.05) is 12.1 Å². The predicted octanol–water partition coefficient (Wildman–Crippen LogP) is 4.45. The minimum Gasteiger partial charge on any atom is -0.431 e. The third kappa shape index (κ3) is 3.68. The van der Waals surface area contributed by atoms with Gasteiger partial charge in [-0.25, -0.2) is 9.37 Å². The molecule has 2 aromatic heterocycles. The Labute approximate surface area is 193 Å². The Balaban J connectivity index is 1.21. The number of aryl methyl sites for hydroxylation is 1. The highest BCUT2D eigenvalue weighted by Gasteiger charge is 2.43. The number of Topliss-reactive ketones (excluding diaryl/α,β-unsaturated/α-hetero) is 1.